The van der Waals surface area contributed by atoms with E-state index in [1.807, 2.05) is 4.68 Å². The van der Waals surface area contributed by atoms with Crippen LogP contribution in [0.15, 0.2) is 6.33 Å². The Morgan fingerprint density at radius 3 is 2.53 bits per heavy atom. The molecule has 0 aliphatic rings. The summed E-state index contributed by atoms with van der Waals surface area (Å²) in [4.78, 5) is 6.58. The zero-order chi connectivity index (χ0) is 14.6. The number of likely N-dealkylation sites (N-methyl/N-ethyl adjacent to an activating group) is 1. The van der Waals surface area contributed by atoms with Gasteiger partial charge >= 0.3 is 0 Å². The molecule has 5 nitrogen and oxygen atoms in total. The summed E-state index contributed by atoms with van der Waals surface area (Å²) in [5.74, 6) is 1.55. The lowest BCUT2D eigenvalue weighted by atomic mass is 9.86. The van der Waals surface area contributed by atoms with E-state index in [1.54, 1.807) is 6.33 Å². The van der Waals surface area contributed by atoms with E-state index in [1.165, 1.54) is 0 Å². The maximum atomic E-state index is 6.43. The van der Waals surface area contributed by atoms with Crippen molar-refractivity contribution in [3.05, 3.63) is 12.2 Å². The minimum Gasteiger partial charge on any atom is -0.326 e. The fraction of sp³-hybridized carbons (Fsp3) is 0.857. The first-order valence-electron chi connectivity index (χ1n) is 7.11. The number of hydrogen-bond acceptors (Lipinski definition) is 4. The monoisotopic (exact) mass is 267 g/mol. The Kier molecular flexibility index (Phi) is 5.50. The summed E-state index contributed by atoms with van der Waals surface area (Å²) in [6, 6.07) is 0.0441. The summed E-state index contributed by atoms with van der Waals surface area (Å²) in [6.45, 7) is 9.65. The number of hydrogen-bond donors (Lipinski definition) is 1. The molecular weight excluding hydrogens is 238 g/mol. The summed E-state index contributed by atoms with van der Waals surface area (Å²) >= 11 is 0. The third kappa shape index (κ3) is 3.76. The van der Waals surface area contributed by atoms with Gasteiger partial charge < -0.3 is 10.6 Å². The van der Waals surface area contributed by atoms with Gasteiger partial charge in [0.05, 0.1) is 0 Å². The normalized spacial score (nSPS) is 16.9. The van der Waals surface area contributed by atoms with Crippen LogP contribution in [0, 0.1) is 5.92 Å². The van der Waals surface area contributed by atoms with E-state index in [0.717, 1.165) is 25.2 Å². The number of nitrogens with zero attached hydrogens (tertiary/aromatic N) is 4. The Labute approximate surface area is 117 Å². The van der Waals surface area contributed by atoms with Gasteiger partial charge in [-0.2, -0.15) is 5.10 Å². The van der Waals surface area contributed by atoms with Crippen LogP contribution in [0.1, 0.15) is 39.9 Å². The van der Waals surface area contributed by atoms with Crippen LogP contribution in [-0.4, -0.2) is 45.3 Å². The second-order valence-electron chi connectivity index (χ2n) is 6.17. The molecule has 0 fully saturated rings. The minimum atomic E-state index is -0.0192. The molecular formula is C14H29N5. The maximum absolute atomic E-state index is 6.43. The predicted octanol–water partition coefficient (Wildman–Crippen LogP) is 1.53. The Balaban J connectivity index is 2.82. The van der Waals surface area contributed by atoms with Crippen molar-refractivity contribution in [3.63, 3.8) is 0 Å². The van der Waals surface area contributed by atoms with Crippen molar-refractivity contribution in [1.82, 2.24) is 19.7 Å². The summed E-state index contributed by atoms with van der Waals surface area (Å²) in [5, 5.41) is 4.30. The molecule has 0 saturated carbocycles. The molecule has 1 heterocycles. The molecule has 0 spiro atoms. The molecule has 1 aromatic heterocycles. The van der Waals surface area contributed by atoms with E-state index in [4.69, 9.17) is 5.73 Å². The van der Waals surface area contributed by atoms with Crippen LogP contribution in [0.5, 0.6) is 0 Å². The van der Waals surface area contributed by atoms with Gasteiger partial charge in [0.2, 0.25) is 0 Å². The first-order valence-corrected chi connectivity index (χ1v) is 7.11. The molecule has 5 heteroatoms. The van der Waals surface area contributed by atoms with Gasteiger partial charge in [-0.1, -0.05) is 20.8 Å². The predicted molar refractivity (Wildman–Crippen MR) is 78.9 cm³/mol. The van der Waals surface area contributed by atoms with Crippen LogP contribution in [-0.2, 0) is 13.0 Å². The van der Waals surface area contributed by atoms with Crippen LogP contribution >= 0.6 is 0 Å². The Morgan fingerprint density at radius 2 is 2.05 bits per heavy atom. The van der Waals surface area contributed by atoms with Crippen LogP contribution < -0.4 is 5.73 Å². The fourth-order valence-corrected chi connectivity index (χ4v) is 2.27. The second kappa shape index (κ2) is 6.48. The number of aromatic nitrogens is 3. The molecule has 2 unspecified atom stereocenters. The lowest BCUT2D eigenvalue weighted by molar-refractivity contribution is 0.129. The smallest absolute Gasteiger partial charge is 0.138 e. The van der Waals surface area contributed by atoms with Crippen molar-refractivity contribution in [2.24, 2.45) is 11.7 Å². The molecule has 0 aliphatic heterocycles. The highest BCUT2D eigenvalue weighted by Crippen LogP contribution is 2.22. The van der Waals surface area contributed by atoms with Crippen molar-refractivity contribution in [2.45, 2.75) is 58.7 Å². The molecule has 1 rings (SSSR count). The maximum Gasteiger partial charge on any atom is 0.138 e. The van der Waals surface area contributed by atoms with E-state index in [9.17, 15) is 0 Å². The largest absolute Gasteiger partial charge is 0.326 e. The molecule has 0 aliphatic carbocycles. The molecule has 0 saturated heterocycles. The molecule has 0 amide bonds. The third-order valence-electron chi connectivity index (χ3n) is 4.17. The molecule has 0 radical (unpaired) electrons. The van der Waals surface area contributed by atoms with E-state index in [-0.39, 0.29) is 11.6 Å². The second-order valence-corrected chi connectivity index (χ2v) is 6.17. The molecule has 1 aromatic rings. The molecule has 0 bridgehead atoms. The molecule has 2 atom stereocenters. The minimum absolute atomic E-state index is 0.0192. The lowest BCUT2D eigenvalue weighted by Crippen LogP contribution is -2.56. The topological polar surface area (TPSA) is 60.0 Å². The Hall–Kier alpha value is -0.940. The van der Waals surface area contributed by atoms with E-state index in [2.05, 4.69) is 56.8 Å². The van der Waals surface area contributed by atoms with Crippen molar-refractivity contribution in [1.29, 1.82) is 0 Å². The first kappa shape index (κ1) is 16.1. The Morgan fingerprint density at radius 1 is 1.42 bits per heavy atom. The molecule has 2 N–H and O–H groups in total. The average molecular weight is 267 g/mol. The lowest BCUT2D eigenvalue weighted by Gasteiger charge is -2.40. The van der Waals surface area contributed by atoms with Crippen LogP contribution in [0.3, 0.4) is 0 Å². The summed E-state index contributed by atoms with van der Waals surface area (Å²) < 4.78 is 1.98. The highest BCUT2D eigenvalue weighted by molar-refractivity contribution is 4.99. The molecule has 0 aromatic carbocycles. The highest BCUT2D eigenvalue weighted by Gasteiger charge is 2.33. The zero-order valence-electron chi connectivity index (χ0n) is 13.2. The van der Waals surface area contributed by atoms with Crippen molar-refractivity contribution in [2.75, 3.05) is 14.1 Å². The number of rotatable bonds is 7. The quantitative estimate of drug-likeness (QED) is 0.814. The van der Waals surface area contributed by atoms with Crippen molar-refractivity contribution < 1.29 is 0 Å². The van der Waals surface area contributed by atoms with E-state index < -0.39 is 0 Å². The fourth-order valence-electron chi connectivity index (χ4n) is 2.27. The molecule has 19 heavy (non-hydrogen) atoms. The van der Waals surface area contributed by atoms with Crippen molar-refractivity contribution in [3.8, 4) is 0 Å². The number of nitrogens with two attached hydrogens (primary N) is 1. The zero-order valence-corrected chi connectivity index (χ0v) is 13.2. The van der Waals surface area contributed by atoms with Gasteiger partial charge in [-0.15, -0.1) is 0 Å². The average Bonchev–Trinajstić information content (AvgIpc) is 2.74. The van der Waals surface area contributed by atoms with Crippen LogP contribution in [0.2, 0.25) is 0 Å². The van der Waals surface area contributed by atoms with Crippen molar-refractivity contribution >= 4 is 0 Å². The van der Waals surface area contributed by atoms with Gasteiger partial charge in [0.1, 0.15) is 12.2 Å². The summed E-state index contributed by atoms with van der Waals surface area (Å²) in [7, 11) is 4.17. The van der Waals surface area contributed by atoms with Gasteiger partial charge in [0.25, 0.3) is 0 Å². The molecule has 110 valence electrons. The summed E-state index contributed by atoms with van der Waals surface area (Å²) in [5.41, 5.74) is 6.41. The van der Waals surface area contributed by atoms with E-state index >= 15 is 0 Å². The van der Waals surface area contributed by atoms with Gasteiger partial charge in [0.15, 0.2) is 0 Å². The highest BCUT2D eigenvalue weighted by atomic mass is 15.3. The van der Waals surface area contributed by atoms with Gasteiger partial charge in [-0.05, 0) is 33.4 Å². The van der Waals surface area contributed by atoms with Crippen LogP contribution in [0.4, 0.5) is 0 Å². The van der Waals surface area contributed by atoms with Gasteiger partial charge in [-0.25, -0.2) is 9.67 Å². The third-order valence-corrected chi connectivity index (χ3v) is 4.17. The summed E-state index contributed by atoms with van der Waals surface area (Å²) in [6.07, 6.45) is 3.40. The SMILES string of the molecule is CCC(C)(C(N)Cc1ncnn1CC(C)C)N(C)C. The first-order chi connectivity index (χ1) is 8.81. The standard InChI is InChI=1S/C14H29N5/c1-7-14(4,18(5)6)12(15)8-13-16-10-17-19(13)9-11(2)3/h10-12H,7-9,15H2,1-6H3. The Bertz CT molecular complexity index is 385. The van der Waals surface area contributed by atoms with Crippen LogP contribution in [0.25, 0.3) is 0 Å². The van der Waals surface area contributed by atoms with Gasteiger partial charge in [0, 0.05) is 24.5 Å². The van der Waals surface area contributed by atoms with E-state index in [0.29, 0.717) is 5.92 Å². The van der Waals surface area contributed by atoms with Gasteiger partial charge in [-0.3, -0.25) is 0 Å².